The Morgan fingerprint density at radius 2 is 1.50 bits per heavy atom. The fraction of sp³-hybridized carbons (Fsp3) is 0.286. The topological polar surface area (TPSA) is 58.6 Å². The molecule has 1 N–H and O–H groups in total. The van der Waals surface area contributed by atoms with Gasteiger partial charge in [-0.15, -0.1) is 0 Å². The molecule has 0 saturated heterocycles. The van der Waals surface area contributed by atoms with E-state index in [2.05, 4.69) is 10.1 Å². The van der Waals surface area contributed by atoms with Crippen LogP contribution in [0.25, 0.3) is 11.1 Å². The second-order valence-corrected chi connectivity index (χ2v) is 9.22. The summed E-state index contributed by atoms with van der Waals surface area (Å²) in [5.74, 6) is -0.825. The molecule has 0 aliphatic carbocycles. The van der Waals surface area contributed by atoms with Crippen LogP contribution in [0.15, 0.2) is 60.7 Å². The quantitative estimate of drug-likeness (QED) is 0.220. The highest BCUT2D eigenvalue weighted by molar-refractivity contribution is 6.30. The summed E-state index contributed by atoms with van der Waals surface area (Å²) >= 11 is 5.88. The average Bonchev–Trinajstić information content (AvgIpc) is 2.90. The molecule has 3 aromatic carbocycles. The summed E-state index contributed by atoms with van der Waals surface area (Å²) < 4.78 is 85.5. The Balaban J connectivity index is 2.07. The molecule has 214 valence electrons. The van der Waals surface area contributed by atoms with Gasteiger partial charge in [0.1, 0.15) is 0 Å². The van der Waals surface area contributed by atoms with Crippen LogP contribution in [0.4, 0.5) is 31.1 Å². The Kier molecular flexibility index (Phi) is 9.73. The van der Waals surface area contributed by atoms with Gasteiger partial charge in [0.2, 0.25) is 0 Å². The lowest BCUT2D eigenvalue weighted by Crippen LogP contribution is -2.39. The molecule has 12 heteroatoms. The Bertz CT molecular complexity index is 1340. The van der Waals surface area contributed by atoms with Crippen molar-refractivity contribution in [3.63, 3.8) is 0 Å². The molecule has 0 atom stereocenters. The second-order valence-electron chi connectivity index (χ2n) is 8.79. The Hall–Kier alpha value is -3.73. The molecule has 0 unspecified atom stereocenters. The van der Waals surface area contributed by atoms with Gasteiger partial charge in [0.15, 0.2) is 0 Å². The van der Waals surface area contributed by atoms with Gasteiger partial charge in [0, 0.05) is 24.7 Å². The molecule has 0 heterocycles. The number of esters is 1. The number of hydrogen-bond acceptors (Lipinski definition) is 3. The number of hydrogen-bond donors (Lipinski definition) is 1. The van der Waals surface area contributed by atoms with E-state index in [4.69, 9.17) is 11.6 Å². The van der Waals surface area contributed by atoms with Crippen molar-refractivity contribution in [1.82, 2.24) is 10.2 Å². The number of nitrogens with zero attached hydrogens (tertiary/aromatic N) is 1. The minimum Gasteiger partial charge on any atom is -0.469 e. The smallest absolute Gasteiger partial charge is 0.416 e. The maximum Gasteiger partial charge on any atom is 0.416 e. The van der Waals surface area contributed by atoms with Gasteiger partial charge < -0.3 is 15.0 Å². The fourth-order valence-electron chi connectivity index (χ4n) is 3.97. The van der Waals surface area contributed by atoms with Gasteiger partial charge in [-0.3, -0.25) is 4.79 Å². The summed E-state index contributed by atoms with van der Waals surface area (Å²) in [6.45, 7) is 1.70. The van der Waals surface area contributed by atoms with Crippen molar-refractivity contribution in [2.24, 2.45) is 0 Å². The molecule has 0 aliphatic rings. The first kappa shape index (κ1) is 30.8. The van der Waals surface area contributed by atoms with Crippen molar-refractivity contribution in [3.8, 4) is 11.1 Å². The third-order valence-corrected chi connectivity index (χ3v) is 6.38. The van der Waals surface area contributed by atoms with E-state index in [9.17, 15) is 35.9 Å². The number of urea groups is 1. The number of rotatable bonds is 8. The Labute approximate surface area is 231 Å². The van der Waals surface area contributed by atoms with Crippen molar-refractivity contribution < 1.29 is 40.7 Å². The van der Waals surface area contributed by atoms with Crippen LogP contribution in [-0.4, -0.2) is 30.6 Å². The first-order valence-corrected chi connectivity index (χ1v) is 12.3. The number of ether oxygens (including phenoxy) is 1. The number of carbonyl (C=O) groups is 2. The molecular weight excluding hydrogens is 562 g/mol. The van der Waals surface area contributed by atoms with Gasteiger partial charge >= 0.3 is 24.4 Å². The zero-order chi connectivity index (χ0) is 29.7. The van der Waals surface area contributed by atoms with Gasteiger partial charge in [-0.1, -0.05) is 35.9 Å². The SMILES string of the molecule is CCN(Cc1c(CC(=O)OC)cc(C(F)(F)F)cc1-c1ccc(C(F)(F)F)cc1)C(=O)NCc1ccc(Cl)cc1. The van der Waals surface area contributed by atoms with E-state index in [0.29, 0.717) is 5.02 Å². The standard InChI is InChI=1S/C28H25ClF6N2O3/c1-3-37(26(39)36-15-17-4-10-22(29)11-5-17)16-24-19(13-25(38)40-2)12-21(28(33,34)35)14-23(24)18-6-8-20(9-7-18)27(30,31)32/h4-12,14H,3,13,15-16H2,1-2H3,(H,36,39). The molecule has 0 fully saturated rings. The molecule has 3 aromatic rings. The highest BCUT2D eigenvalue weighted by Crippen LogP contribution is 2.38. The van der Waals surface area contributed by atoms with Crippen LogP contribution < -0.4 is 5.32 Å². The zero-order valence-electron chi connectivity index (χ0n) is 21.4. The third-order valence-electron chi connectivity index (χ3n) is 6.13. The van der Waals surface area contributed by atoms with E-state index in [-0.39, 0.29) is 41.9 Å². The number of nitrogens with one attached hydrogen (secondary N) is 1. The number of methoxy groups -OCH3 is 1. The number of alkyl halides is 6. The molecule has 5 nitrogen and oxygen atoms in total. The molecule has 0 aliphatic heterocycles. The van der Waals surface area contributed by atoms with Crippen molar-refractivity contribution in [2.75, 3.05) is 13.7 Å². The molecule has 0 bridgehead atoms. The van der Waals surface area contributed by atoms with E-state index in [1.54, 1.807) is 31.2 Å². The van der Waals surface area contributed by atoms with Crippen molar-refractivity contribution in [3.05, 3.63) is 93.5 Å². The normalized spacial score (nSPS) is 11.7. The first-order valence-electron chi connectivity index (χ1n) is 12.0. The molecule has 0 radical (unpaired) electrons. The molecule has 2 amide bonds. The lowest BCUT2D eigenvalue weighted by atomic mass is 9.90. The summed E-state index contributed by atoms with van der Waals surface area (Å²) in [6.07, 6.45) is -10.0. The van der Waals surface area contributed by atoms with Crippen LogP contribution in [0.2, 0.25) is 5.02 Å². The first-order chi connectivity index (χ1) is 18.7. The molecule has 0 spiro atoms. The Morgan fingerprint density at radius 1 is 0.900 bits per heavy atom. The lowest BCUT2D eigenvalue weighted by Gasteiger charge is -2.26. The predicted molar refractivity (Wildman–Crippen MR) is 137 cm³/mol. The van der Waals surface area contributed by atoms with Crippen LogP contribution >= 0.6 is 11.6 Å². The second kappa shape index (κ2) is 12.6. The zero-order valence-corrected chi connectivity index (χ0v) is 22.2. The van der Waals surface area contributed by atoms with Gasteiger partial charge in [-0.25, -0.2) is 4.79 Å². The molecule has 0 aromatic heterocycles. The molecular formula is C28H25ClF6N2O3. The molecule has 3 rings (SSSR count). The average molecular weight is 587 g/mol. The summed E-state index contributed by atoms with van der Waals surface area (Å²) in [6, 6.07) is 11.4. The number of carbonyl (C=O) groups excluding carboxylic acids is 2. The van der Waals surface area contributed by atoms with E-state index in [1.165, 1.54) is 4.90 Å². The highest BCUT2D eigenvalue weighted by Gasteiger charge is 2.34. The van der Waals surface area contributed by atoms with Gasteiger partial charge in [-0.2, -0.15) is 26.3 Å². The van der Waals surface area contributed by atoms with E-state index < -0.39 is 41.9 Å². The van der Waals surface area contributed by atoms with Crippen LogP contribution in [0, 0.1) is 0 Å². The van der Waals surface area contributed by atoms with Crippen molar-refractivity contribution in [1.29, 1.82) is 0 Å². The summed E-state index contributed by atoms with van der Waals surface area (Å²) in [5, 5.41) is 3.24. The minimum absolute atomic E-state index is 0.0536. The summed E-state index contributed by atoms with van der Waals surface area (Å²) in [7, 11) is 1.08. The lowest BCUT2D eigenvalue weighted by molar-refractivity contribution is -0.140. The maximum absolute atomic E-state index is 13.8. The van der Waals surface area contributed by atoms with Crippen LogP contribution in [0.3, 0.4) is 0 Å². The van der Waals surface area contributed by atoms with Crippen LogP contribution in [-0.2, 0) is 41.4 Å². The molecule has 40 heavy (non-hydrogen) atoms. The van der Waals surface area contributed by atoms with Crippen molar-refractivity contribution >= 4 is 23.6 Å². The molecule has 0 saturated carbocycles. The van der Waals surface area contributed by atoms with Crippen molar-refractivity contribution in [2.45, 2.75) is 38.8 Å². The van der Waals surface area contributed by atoms with Gasteiger partial charge in [0.05, 0.1) is 24.7 Å². The summed E-state index contributed by atoms with van der Waals surface area (Å²) in [4.78, 5) is 26.5. The number of halogens is 7. The fourth-order valence-corrected chi connectivity index (χ4v) is 4.10. The Morgan fingerprint density at radius 3 is 2.02 bits per heavy atom. The third kappa shape index (κ3) is 7.91. The van der Waals surface area contributed by atoms with E-state index in [0.717, 1.165) is 49.1 Å². The van der Waals surface area contributed by atoms with Gasteiger partial charge in [0.25, 0.3) is 0 Å². The van der Waals surface area contributed by atoms with Crippen LogP contribution in [0.1, 0.15) is 34.7 Å². The highest BCUT2D eigenvalue weighted by atomic mass is 35.5. The largest absolute Gasteiger partial charge is 0.469 e. The monoisotopic (exact) mass is 586 g/mol. The predicted octanol–water partition coefficient (Wildman–Crippen LogP) is 7.49. The van der Waals surface area contributed by atoms with Gasteiger partial charge in [-0.05, 0) is 71.1 Å². The van der Waals surface area contributed by atoms with E-state index >= 15 is 0 Å². The van der Waals surface area contributed by atoms with Crippen LogP contribution in [0.5, 0.6) is 0 Å². The number of amides is 2. The number of benzene rings is 3. The van der Waals surface area contributed by atoms with E-state index in [1.807, 2.05) is 0 Å². The maximum atomic E-state index is 13.8. The summed E-state index contributed by atoms with van der Waals surface area (Å²) in [5.41, 5.74) is -1.23. The minimum atomic E-state index is -4.82.